The Morgan fingerprint density at radius 1 is 0.679 bits per heavy atom. The molecule has 0 N–H and O–H groups in total. The summed E-state index contributed by atoms with van der Waals surface area (Å²) in [6, 6.07) is 26.4. The van der Waals surface area contributed by atoms with Crippen LogP contribution < -0.4 is 0 Å². The summed E-state index contributed by atoms with van der Waals surface area (Å²) in [6.07, 6.45) is 10.00. The SMILES string of the molecule is Brc1ccc(C=CC=Cc2ccc(-c3ncc(-c4ccccc4)o3)cc2)cc1. The average Bonchev–Trinajstić information content (AvgIpc) is 3.24. The molecule has 0 saturated heterocycles. The van der Waals surface area contributed by atoms with Crippen LogP contribution in [0, 0.1) is 0 Å². The Morgan fingerprint density at radius 2 is 1.29 bits per heavy atom. The van der Waals surface area contributed by atoms with E-state index in [2.05, 4.69) is 57.3 Å². The van der Waals surface area contributed by atoms with Crippen LogP contribution in [-0.4, -0.2) is 4.98 Å². The molecular formula is C25H18BrNO. The van der Waals surface area contributed by atoms with Gasteiger partial charge in [-0.3, -0.25) is 0 Å². The molecule has 0 aliphatic heterocycles. The number of allylic oxidation sites excluding steroid dienone is 2. The molecule has 136 valence electrons. The van der Waals surface area contributed by atoms with Gasteiger partial charge in [0, 0.05) is 15.6 Å². The van der Waals surface area contributed by atoms with Crippen LogP contribution in [0.15, 0.2) is 106 Å². The van der Waals surface area contributed by atoms with Gasteiger partial charge >= 0.3 is 0 Å². The minimum absolute atomic E-state index is 0.629. The molecule has 0 saturated carbocycles. The summed E-state index contributed by atoms with van der Waals surface area (Å²) < 4.78 is 6.99. The molecule has 1 aromatic heterocycles. The molecule has 0 aliphatic carbocycles. The molecule has 0 spiro atoms. The number of oxazole rings is 1. The van der Waals surface area contributed by atoms with Gasteiger partial charge in [0.1, 0.15) is 0 Å². The summed E-state index contributed by atoms with van der Waals surface area (Å²) in [5.41, 5.74) is 4.28. The topological polar surface area (TPSA) is 26.0 Å². The minimum atomic E-state index is 0.629. The summed E-state index contributed by atoms with van der Waals surface area (Å²) in [5.74, 6) is 1.40. The number of hydrogen-bond donors (Lipinski definition) is 0. The Kier molecular flexibility index (Phi) is 5.64. The molecule has 0 radical (unpaired) electrons. The monoisotopic (exact) mass is 427 g/mol. The van der Waals surface area contributed by atoms with E-state index >= 15 is 0 Å². The summed E-state index contributed by atoms with van der Waals surface area (Å²) >= 11 is 3.44. The maximum absolute atomic E-state index is 5.91. The summed E-state index contributed by atoms with van der Waals surface area (Å²) in [4.78, 5) is 4.41. The molecule has 3 aromatic carbocycles. The van der Waals surface area contributed by atoms with Crippen molar-refractivity contribution in [1.29, 1.82) is 0 Å². The van der Waals surface area contributed by atoms with Gasteiger partial charge in [-0.05, 0) is 35.4 Å². The Morgan fingerprint density at radius 3 is 1.93 bits per heavy atom. The molecule has 4 aromatic rings. The summed E-state index contributed by atoms with van der Waals surface area (Å²) in [5, 5.41) is 0. The Bertz CT molecular complexity index is 1090. The van der Waals surface area contributed by atoms with E-state index < -0.39 is 0 Å². The Labute approximate surface area is 173 Å². The lowest BCUT2D eigenvalue weighted by Crippen LogP contribution is -1.77. The second-order valence-electron chi connectivity index (χ2n) is 6.29. The molecule has 0 unspecified atom stereocenters. The molecule has 0 fully saturated rings. The van der Waals surface area contributed by atoms with Crippen LogP contribution >= 0.6 is 15.9 Å². The summed E-state index contributed by atoms with van der Waals surface area (Å²) in [6.45, 7) is 0. The highest BCUT2D eigenvalue weighted by atomic mass is 79.9. The number of benzene rings is 3. The van der Waals surface area contributed by atoms with Crippen LogP contribution in [-0.2, 0) is 0 Å². The predicted octanol–water partition coefficient (Wildman–Crippen LogP) is 7.50. The second-order valence-corrected chi connectivity index (χ2v) is 7.20. The predicted molar refractivity (Wildman–Crippen MR) is 120 cm³/mol. The van der Waals surface area contributed by atoms with Gasteiger partial charge in [-0.2, -0.15) is 0 Å². The zero-order valence-corrected chi connectivity index (χ0v) is 16.7. The van der Waals surface area contributed by atoms with Crippen molar-refractivity contribution >= 4 is 28.1 Å². The maximum Gasteiger partial charge on any atom is 0.226 e. The first kappa shape index (κ1) is 18.2. The fraction of sp³-hybridized carbons (Fsp3) is 0. The quantitative estimate of drug-likeness (QED) is 0.308. The highest BCUT2D eigenvalue weighted by molar-refractivity contribution is 9.10. The van der Waals surface area contributed by atoms with Crippen LogP contribution in [0.25, 0.3) is 34.9 Å². The lowest BCUT2D eigenvalue weighted by molar-refractivity contribution is 0.589. The van der Waals surface area contributed by atoms with Crippen LogP contribution in [0.3, 0.4) is 0 Å². The van der Waals surface area contributed by atoms with Gasteiger partial charge in [0.2, 0.25) is 5.89 Å². The minimum Gasteiger partial charge on any atom is -0.436 e. The molecule has 4 rings (SSSR count). The molecule has 0 atom stereocenters. The van der Waals surface area contributed by atoms with Crippen molar-refractivity contribution in [2.24, 2.45) is 0 Å². The first-order chi connectivity index (χ1) is 13.8. The van der Waals surface area contributed by atoms with Crippen LogP contribution in [0.2, 0.25) is 0 Å². The van der Waals surface area contributed by atoms with Gasteiger partial charge in [-0.1, -0.05) is 94.8 Å². The Balaban J connectivity index is 1.42. The smallest absolute Gasteiger partial charge is 0.226 e. The number of hydrogen-bond acceptors (Lipinski definition) is 2. The van der Waals surface area contributed by atoms with Crippen molar-refractivity contribution in [3.05, 3.63) is 113 Å². The van der Waals surface area contributed by atoms with Crippen LogP contribution in [0.1, 0.15) is 11.1 Å². The lowest BCUT2D eigenvalue weighted by Gasteiger charge is -1.98. The van der Waals surface area contributed by atoms with Crippen molar-refractivity contribution in [3.63, 3.8) is 0 Å². The zero-order chi connectivity index (χ0) is 19.2. The van der Waals surface area contributed by atoms with Crippen molar-refractivity contribution in [1.82, 2.24) is 4.98 Å². The van der Waals surface area contributed by atoms with Crippen molar-refractivity contribution in [2.45, 2.75) is 0 Å². The highest BCUT2D eigenvalue weighted by Crippen LogP contribution is 2.26. The first-order valence-electron chi connectivity index (χ1n) is 9.00. The third-order valence-electron chi connectivity index (χ3n) is 4.28. The largest absolute Gasteiger partial charge is 0.436 e. The molecule has 3 heteroatoms. The number of halogens is 1. The van der Waals surface area contributed by atoms with E-state index in [0.29, 0.717) is 5.89 Å². The van der Waals surface area contributed by atoms with Gasteiger partial charge in [-0.15, -0.1) is 0 Å². The van der Waals surface area contributed by atoms with Gasteiger partial charge in [0.15, 0.2) is 5.76 Å². The maximum atomic E-state index is 5.91. The van der Waals surface area contributed by atoms with E-state index in [1.165, 1.54) is 5.56 Å². The number of nitrogens with zero attached hydrogens (tertiary/aromatic N) is 1. The second kappa shape index (κ2) is 8.68. The third-order valence-corrected chi connectivity index (χ3v) is 4.81. The van der Waals surface area contributed by atoms with Crippen LogP contribution in [0.4, 0.5) is 0 Å². The van der Waals surface area contributed by atoms with Crippen molar-refractivity contribution in [3.8, 4) is 22.8 Å². The molecule has 28 heavy (non-hydrogen) atoms. The molecule has 0 amide bonds. The van der Waals surface area contributed by atoms with E-state index in [0.717, 1.165) is 26.9 Å². The molecule has 0 bridgehead atoms. The summed E-state index contributed by atoms with van der Waals surface area (Å²) in [7, 11) is 0. The lowest BCUT2D eigenvalue weighted by atomic mass is 10.1. The Hall–Kier alpha value is -3.17. The van der Waals surface area contributed by atoms with Crippen LogP contribution in [0.5, 0.6) is 0 Å². The zero-order valence-electron chi connectivity index (χ0n) is 15.1. The van der Waals surface area contributed by atoms with E-state index in [1.807, 2.05) is 66.7 Å². The van der Waals surface area contributed by atoms with E-state index in [9.17, 15) is 0 Å². The molecule has 0 aliphatic rings. The number of rotatable bonds is 5. The van der Waals surface area contributed by atoms with Crippen molar-refractivity contribution < 1.29 is 4.42 Å². The van der Waals surface area contributed by atoms with E-state index in [1.54, 1.807) is 6.20 Å². The fourth-order valence-corrected chi connectivity index (χ4v) is 3.05. The molecule has 1 heterocycles. The normalized spacial score (nSPS) is 11.5. The van der Waals surface area contributed by atoms with Gasteiger partial charge in [-0.25, -0.2) is 4.98 Å². The van der Waals surface area contributed by atoms with E-state index in [-0.39, 0.29) is 0 Å². The van der Waals surface area contributed by atoms with E-state index in [4.69, 9.17) is 4.42 Å². The third kappa shape index (κ3) is 4.56. The standard InChI is InChI=1S/C25H18BrNO/c26-23-16-12-20(13-17-23)7-5-4-6-19-10-14-22(15-11-19)25-27-18-24(28-25)21-8-2-1-3-9-21/h1-18H. The molecular weight excluding hydrogens is 410 g/mol. The van der Waals surface area contributed by atoms with Gasteiger partial charge in [0.25, 0.3) is 0 Å². The number of aromatic nitrogens is 1. The fourth-order valence-electron chi connectivity index (χ4n) is 2.79. The average molecular weight is 428 g/mol. The van der Waals surface area contributed by atoms with Gasteiger partial charge < -0.3 is 4.42 Å². The van der Waals surface area contributed by atoms with Gasteiger partial charge in [0.05, 0.1) is 6.20 Å². The first-order valence-corrected chi connectivity index (χ1v) is 9.79. The van der Waals surface area contributed by atoms with Crippen molar-refractivity contribution in [2.75, 3.05) is 0 Å². The highest BCUT2D eigenvalue weighted by Gasteiger charge is 2.07. The molecule has 2 nitrogen and oxygen atoms in total.